The van der Waals surface area contributed by atoms with Gasteiger partial charge in [-0.2, -0.15) is 0 Å². The zero-order valence-corrected chi connectivity index (χ0v) is 36.0. The number of methoxy groups -OCH3 is 1. The maximum Gasteiger partial charge on any atom is 0.316 e. The molecule has 4 aromatic carbocycles. The fraction of sp³-hybridized carbons (Fsp3) is 0.362. The van der Waals surface area contributed by atoms with Crippen molar-refractivity contribution >= 4 is 42.3 Å². The fourth-order valence-corrected chi connectivity index (χ4v) is 7.29. The van der Waals surface area contributed by atoms with Crippen molar-refractivity contribution in [3.05, 3.63) is 141 Å². The first-order chi connectivity index (χ1) is 27.5. The molecule has 0 aliphatic rings. The zero-order valence-electron chi connectivity index (χ0n) is 35.0. The van der Waals surface area contributed by atoms with Crippen molar-refractivity contribution in [1.29, 1.82) is 0 Å². The number of carbonyl (C=O) groups is 3. The largest absolute Gasteiger partial charge is 0.497 e. The van der Waals surface area contributed by atoms with Gasteiger partial charge in [-0.05, 0) is 90.5 Å². The lowest BCUT2D eigenvalue weighted by Gasteiger charge is -2.25. The van der Waals surface area contributed by atoms with Gasteiger partial charge in [-0.25, -0.2) is 0 Å². The number of amides is 2. The predicted octanol–water partition coefficient (Wildman–Crippen LogP) is 8.06. The molecule has 1 heterocycles. The molecule has 2 N–H and O–H groups in total. The number of benzene rings is 4. The van der Waals surface area contributed by atoms with Gasteiger partial charge in [0.1, 0.15) is 29.0 Å². The number of ether oxygens (including phenoxy) is 3. The van der Waals surface area contributed by atoms with Crippen molar-refractivity contribution in [1.82, 2.24) is 9.88 Å². The minimum Gasteiger partial charge on any atom is -0.497 e. The molecule has 0 bridgehead atoms. The third-order valence-corrected chi connectivity index (χ3v) is 11.5. The van der Waals surface area contributed by atoms with Crippen LogP contribution < -0.4 is 20.9 Å². The Morgan fingerprint density at radius 3 is 2.19 bits per heavy atom. The van der Waals surface area contributed by atoms with Gasteiger partial charge in [-0.3, -0.25) is 19.2 Å². The molecule has 0 spiro atoms. The number of nitrogens with zero attached hydrogens (tertiary/aromatic N) is 1. The number of anilines is 1. The van der Waals surface area contributed by atoms with Crippen molar-refractivity contribution in [2.45, 2.75) is 90.3 Å². The Hall–Kier alpha value is -5.52. The van der Waals surface area contributed by atoms with Crippen molar-refractivity contribution in [2.24, 2.45) is 0 Å². The van der Waals surface area contributed by atoms with Gasteiger partial charge in [-0.1, -0.05) is 98.5 Å². The smallest absolute Gasteiger partial charge is 0.316 e. The fourth-order valence-electron chi connectivity index (χ4n) is 6.53. The number of esters is 1. The van der Waals surface area contributed by atoms with E-state index in [2.05, 4.69) is 30.3 Å². The quantitative estimate of drug-likeness (QED) is 0.0554. The highest BCUT2D eigenvalue weighted by Crippen LogP contribution is 2.24. The minimum atomic E-state index is -1.33. The Bertz CT molecular complexity index is 2250. The van der Waals surface area contributed by atoms with Crippen molar-refractivity contribution in [3.63, 3.8) is 0 Å². The van der Waals surface area contributed by atoms with Crippen LogP contribution in [-0.2, 0) is 43.2 Å². The van der Waals surface area contributed by atoms with E-state index in [1.165, 1.54) is 4.57 Å². The zero-order chi connectivity index (χ0) is 42.0. The first-order valence-corrected chi connectivity index (χ1v) is 23.5. The van der Waals surface area contributed by atoms with E-state index in [9.17, 15) is 19.2 Å². The van der Waals surface area contributed by atoms with Crippen LogP contribution in [0.15, 0.2) is 108 Å². The number of hydrogen-bond donors (Lipinski definition) is 2. The molecule has 5 rings (SSSR count). The summed E-state index contributed by atoms with van der Waals surface area (Å²) in [5, 5.41) is 7.80. The van der Waals surface area contributed by atoms with Crippen LogP contribution in [0.4, 0.5) is 5.69 Å². The number of carbonyl (C=O) groups excluding carboxylic acids is 3. The van der Waals surface area contributed by atoms with E-state index >= 15 is 0 Å². The number of nitrogens with one attached hydrogen (secondary N) is 2. The van der Waals surface area contributed by atoms with Gasteiger partial charge >= 0.3 is 5.97 Å². The molecule has 5 aromatic rings. The molecular weight excluding hydrogens is 747 g/mol. The normalized spacial score (nSPS) is 12.8. The van der Waals surface area contributed by atoms with Gasteiger partial charge in [0.2, 0.25) is 11.8 Å². The van der Waals surface area contributed by atoms with Gasteiger partial charge in [0.15, 0.2) is 0 Å². The van der Waals surface area contributed by atoms with E-state index in [-0.39, 0.29) is 49.1 Å². The molecule has 58 heavy (non-hydrogen) atoms. The van der Waals surface area contributed by atoms with E-state index in [4.69, 9.17) is 14.2 Å². The van der Waals surface area contributed by atoms with Crippen LogP contribution >= 0.6 is 0 Å². The highest BCUT2D eigenvalue weighted by atomic mass is 28.3. The lowest BCUT2D eigenvalue weighted by Crippen LogP contribution is -2.46. The Morgan fingerprint density at radius 2 is 1.52 bits per heavy atom. The Labute approximate surface area is 342 Å². The summed E-state index contributed by atoms with van der Waals surface area (Å²) in [6.45, 7) is 15.1. The summed E-state index contributed by atoms with van der Waals surface area (Å²) in [7, 11) is 0.263. The van der Waals surface area contributed by atoms with E-state index in [0.29, 0.717) is 17.9 Å². The second kappa shape index (κ2) is 19.3. The van der Waals surface area contributed by atoms with E-state index in [1.807, 2.05) is 112 Å². The molecule has 2 atom stereocenters. The molecule has 0 saturated carbocycles. The van der Waals surface area contributed by atoms with Gasteiger partial charge in [0.25, 0.3) is 5.56 Å². The maximum absolute atomic E-state index is 14.2. The molecule has 1 aromatic heterocycles. The summed E-state index contributed by atoms with van der Waals surface area (Å²) in [6, 6.07) is 30.2. The summed E-state index contributed by atoms with van der Waals surface area (Å²) in [4.78, 5) is 55.2. The highest BCUT2D eigenvalue weighted by molar-refractivity contribution is 6.76. The van der Waals surface area contributed by atoms with Crippen LogP contribution in [0.1, 0.15) is 54.5 Å². The lowest BCUT2D eigenvalue weighted by molar-refractivity contribution is -0.158. The number of aromatic nitrogens is 1. The van der Waals surface area contributed by atoms with Gasteiger partial charge in [0, 0.05) is 27.3 Å². The number of rotatable bonds is 17. The predicted molar refractivity (Wildman–Crippen MR) is 233 cm³/mol. The maximum atomic E-state index is 14.2. The number of fused-ring (bicyclic) bond motifs is 1. The summed E-state index contributed by atoms with van der Waals surface area (Å²) in [6.07, 6.45) is 1.88. The molecule has 0 fully saturated rings. The van der Waals surface area contributed by atoms with Crippen LogP contribution in [0, 0.1) is 6.92 Å². The van der Waals surface area contributed by atoms with Crippen LogP contribution in [-0.4, -0.2) is 62.4 Å². The Balaban J connectivity index is 1.40. The first kappa shape index (κ1) is 43.6. The summed E-state index contributed by atoms with van der Waals surface area (Å²) >= 11 is 0. The molecule has 0 unspecified atom stereocenters. The minimum absolute atomic E-state index is 0.0539. The number of aryl methyl sites for hydroxylation is 1. The molecule has 11 heteroatoms. The summed E-state index contributed by atoms with van der Waals surface area (Å²) < 4.78 is 18.6. The molecule has 0 radical (unpaired) electrons. The third-order valence-electron chi connectivity index (χ3n) is 9.81. The highest BCUT2D eigenvalue weighted by Gasteiger charge is 2.28. The van der Waals surface area contributed by atoms with E-state index in [1.54, 1.807) is 26.3 Å². The lowest BCUT2D eigenvalue weighted by atomic mass is 9.96. The van der Waals surface area contributed by atoms with E-state index in [0.717, 1.165) is 39.1 Å². The Morgan fingerprint density at radius 1 is 0.845 bits per heavy atom. The molecule has 10 nitrogen and oxygen atoms in total. The second-order valence-corrected chi connectivity index (χ2v) is 22.6. The van der Waals surface area contributed by atoms with Crippen LogP contribution in [0.25, 0.3) is 10.8 Å². The molecule has 306 valence electrons. The third kappa shape index (κ3) is 12.5. The molecular formula is C47H57N3O7Si. The van der Waals surface area contributed by atoms with Crippen molar-refractivity contribution in [2.75, 3.05) is 25.6 Å². The standard InChI is InChI=1S/C47H57N3O7Si/c1-32-24-25-50(30-34-18-22-38(55-5)23-19-34)45(53)43(32)49-44(52)41(48-42(51)29-37-14-11-13-35-12-9-10-15-39(35)37)28-33-16-20-36(21-17-33)40(46(54)57-47(2,3)4)31-56-26-27-58(6,7)8/h9-25,40-41H,26-31H2,1-8H3,(H,48,51)(H,49,52)/t40-,41+/m1/s1. The topological polar surface area (TPSA) is 125 Å². The van der Waals surface area contributed by atoms with Gasteiger partial charge < -0.3 is 29.4 Å². The average Bonchev–Trinajstić information content (AvgIpc) is 3.17. The number of pyridine rings is 1. The monoisotopic (exact) mass is 803 g/mol. The molecule has 2 amide bonds. The van der Waals surface area contributed by atoms with Crippen molar-refractivity contribution < 1.29 is 28.6 Å². The van der Waals surface area contributed by atoms with Crippen LogP contribution in [0.2, 0.25) is 25.7 Å². The first-order valence-electron chi connectivity index (χ1n) is 19.8. The van der Waals surface area contributed by atoms with Crippen LogP contribution in [0.5, 0.6) is 5.75 Å². The van der Waals surface area contributed by atoms with Crippen LogP contribution in [0.3, 0.4) is 0 Å². The molecule has 0 aliphatic heterocycles. The Kier molecular flexibility index (Phi) is 14.5. The van der Waals surface area contributed by atoms with Crippen molar-refractivity contribution in [3.8, 4) is 5.75 Å². The summed E-state index contributed by atoms with van der Waals surface area (Å²) in [5.74, 6) is -1.17. The van der Waals surface area contributed by atoms with Gasteiger partial charge in [0.05, 0.1) is 26.7 Å². The second-order valence-electron chi connectivity index (χ2n) is 17.0. The molecule has 0 saturated heterocycles. The van der Waals surface area contributed by atoms with E-state index < -0.39 is 31.5 Å². The molecule has 0 aliphatic carbocycles. The average molecular weight is 804 g/mol. The SMILES string of the molecule is COc1ccc(Cn2ccc(C)c(NC(=O)[C@H](Cc3ccc([C@@H](COCC[Si](C)(C)C)C(=O)OC(C)(C)C)cc3)NC(=O)Cc3cccc4ccccc34)c2=O)cc1. The summed E-state index contributed by atoms with van der Waals surface area (Å²) in [5.41, 5.74) is 2.89. The number of hydrogen-bond acceptors (Lipinski definition) is 7. The van der Waals surface area contributed by atoms with Gasteiger partial charge in [-0.15, -0.1) is 0 Å².